The van der Waals surface area contributed by atoms with Crippen molar-refractivity contribution in [3.8, 4) is 0 Å². The van der Waals surface area contributed by atoms with E-state index >= 15 is 0 Å². The number of nitrogens with one attached hydrogen (secondary N) is 1. The molecule has 0 aromatic carbocycles. The highest BCUT2D eigenvalue weighted by Gasteiger charge is 2.28. The molecular weight excluding hydrogens is 342 g/mol. The van der Waals surface area contributed by atoms with Crippen molar-refractivity contribution in [2.45, 2.75) is 110 Å². The molecule has 156 valence electrons. The highest BCUT2D eigenvalue weighted by atomic mass is 16.5. The molecule has 0 spiro atoms. The molecule has 2 aliphatic carbocycles. The fraction of sp³-hybridized carbons (Fsp3) is 0.909. The Kier molecular flexibility index (Phi) is 9.24. The Balaban J connectivity index is 1.55. The van der Waals surface area contributed by atoms with Gasteiger partial charge in [0.1, 0.15) is 5.78 Å². The van der Waals surface area contributed by atoms with Crippen molar-refractivity contribution in [1.29, 1.82) is 0 Å². The SMILES string of the molecule is CC(C)O[C@H]1CC[C@@H](OCCC(=O)N[C@H]2CC[C@H](C(=O)C(C)C)CC2)CC1. The van der Waals surface area contributed by atoms with Crippen molar-refractivity contribution in [3.05, 3.63) is 0 Å². The Morgan fingerprint density at radius 3 is 2.04 bits per heavy atom. The summed E-state index contributed by atoms with van der Waals surface area (Å²) in [5.74, 6) is 0.758. The van der Waals surface area contributed by atoms with Gasteiger partial charge in [0, 0.05) is 24.3 Å². The molecule has 0 radical (unpaired) electrons. The minimum atomic E-state index is 0.0745. The lowest BCUT2D eigenvalue weighted by Gasteiger charge is -2.30. The molecule has 0 aliphatic heterocycles. The van der Waals surface area contributed by atoms with Gasteiger partial charge in [-0.1, -0.05) is 13.8 Å². The van der Waals surface area contributed by atoms with Gasteiger partial charge in [0.2, 0.25) is 5.91 Å². The Bertz CT molecular complexity index is 461. The summed E-state index contributed by atoms with van der Waals surface area (Å²) >= 11 is 0. The number of carbonyl (C=O) groups excluding carboxylic acids is 2. The number of ketones is 1. The summed E-state index contributed by atoms with van der Waals surface area (Å²) in [4.78, 5) is 24.3. The number of hydrogen-bond donors (Lipinski definition) is 1. The van der Waals surface area contributed by atoms with Crippen molar-refractivity contribution in [3.63, 3.8) is 0 Å². The van der Waals surface area contributed by atoms with Crippen LogP contribution in [0.5, 0.6) is 0 Å². The van der Waals surface area contributed by atoms with E-state index in [0.717, 1.165) is 51.4 Å². The van der Waals surface area contributed by atoms with E-state index in [0.29, 0.717) is 24.9 Å². The van der Waals surface area contributed by atoms with E-state index in [1.54, 1.807) is 0 Å². The monoisotopic (exact) mass is 381 g/mol. The zero-order chi connectivity index (χ0) is 19.8. The summed E-state index contributed by atoms with van der Waals surface area (Å²) in [7, 11) is 0. The fourth-order valence-corrected chi connectivity index (χ4v) is 4.33. The van der Waals surface area contributed by atoms with E-state index in [-0.39, 0.29) is 36.0 Å². The van der Waals surface area contributed by atoms with Crippen LogP contribution in [0, 0.1) is 11.8 Å². The quantitative estimate of drug-likeness (QED) is 0.655. The van der Waals surface area contributed by atoms with Gasteiger partial charge < -0.3 is 14.8 Å². The van der Waals surface area contributed by atoms with Gasteiger partial charge in [-0.3, -0.25) is 9.59 Å². The Hall–Kier alpha value is -0.940. The van der Waals surface area contributed by atoms with Crippen LogP contribution in [-0.4, -0.2) is 42.7 Å². The molecule has 0 unspecified atom stereocenters. The molecule has 1 amide bonds. The lowest BCUT2D eigenvalue weighted by Crippen LogP contribution is -2.39. The van der Waals surface area contributed by atoms with E-state index in [4.69, 9.17) is 9.47 Å². The third-order valence-electron chi connectivity index (χ3n) is 5.83. The molecule has 0 aromatic rings. The third kappa shape index (κ3) is 7.90. The van der Waals surface area contributed by atoms with Crippen molar-refractivity contribution in [2.75, 3.05) is 6.61 Å². The molecule has 5 heteroatoms. The predicted octanol–water partition coefficient (Wildman–Crippen LogP) is 4.03. The molecule has 0 saturated heterocycles. The molecular formula is C22H39NO4. The van der Waals surface area contributed by atoms with Crippen LogP contribution < -0.4 is 5.32 Å². The second-order valence-electron chi connectivity index (χ2n) is 8.88. The molecule has 5 nitrogen and oxygen atoms in total. The Labute approximate surface area is 164 Å². The fourth-order valence-electron chi connectivity index (χ4n) is 4.33. The van der Waals surface area contributed by atoms with E-state index in [1.807, 2.05) is 13.8 Å². The molecule has 0 bridgehead atoms. The van der Waals surface area contributed by atoms with Crippen molar-refractivity contribution >= 4 is 11.7 Å². The summed E-state index contributed by atoms with van der Waals surface area (Å²) in [6.07, 6.45) is 9.11. The average molecular weight is 382 g/mol. The highest BCUT2D eigenvalue weighted by molar-refractivity contribution is 5.83. The second kappa shape index (κ2) is 11.2. The van der Waals surface area contributed by atoms with Crippen LogP contribution in [0.25, 0.3) is 0 Å². The van der Waals surface area contributed by atoms with Crippen LogP contribution in [0.15, 0.2) is 0 Å². The first kappa shape index (κ1) is 22.4. The smallest absolute Gasteiger partial charge is 0.222 e. The topological polar surface area (TPSA) is 64.6 Å². The first-order valence-corrected chi connectivity index (χ1v) is 10.9. The summed E-state index contributed by atoms with van der Waals surface area (Å²) in [5.41, 5.74) is 0. The number of hydrogen-bond acceptors (Lipinski definition) is 4. The predicted molar refractivity (Wildman–Crippen MR) is 107 cm³/mol. The molecule has 27 heavy (non-hydrogen) atoms. The number of amides is 1. The lowest BCUT2D eigenvalue weighted by atomic mass is 9.80. The zero-order valence-corrected chi connectivity index (χ0v) is 17.7. The first-order chi connectivity index (χ1) is 12.8. The lowest BCUT2D eigenvalue weighted by molar-refractivity contribution is -0.127. The van der Waals surface area contributed by atoms with E-state index in [1.165, 1.54) is 0 Å². The van der Waals surface area contributed by atoms with Crippen LogP contribution >= 0.6 is 0 Å². The molecule has 0 heterocycles. The molecule has 2 saturated carbocycles. The third-order valence-corrected chi connectivity index (χ3v) is 5.83. The maximum absolute atomic E-state index is 12.2. The summed E-state index contributed by atoms with van der Waals surface area (Å²) in [6, 6.07) is 0.220. The van der Waals surface area contributed by atoms with Crippen LogP contribution in [0.4, 0.5) is 0 Å². The van der Waals surface area contributed by atoms with Gasteiger partial charge in [-0.05, 0) is 65.2 Å². The van der Waals surface area contributed by atoms with Gasteiger partial charge in [-0.15, -0.1) is 0 Å². The van der Waals surface area contributed by atoms with Gasteiger partial charge >= 0.3 is 0 Å². The summed E-state index contributed by atoms with van der Waals surface area (Å²) in [5, 5.41) is 3.12. The molecule has 2 aliphatic rings. The number of Topliss-reactive ketones (excluding diaryl/α,β-unsaturated/α-hetero) is 1. The van der Waals surface area contributed by atoms with Gasteiger partial charge in [0.25, 0.3) is 0 Å². The van der Waals surface area contributed by atoms with E-state index in [9.17, 15) is 9.59 Å². The minimum Gasteiger partial charge on any atom is -0.378 e. The largest absolute Gasteiger partial charge is 0.378 e. The standard InChI is InChI=1S/C22H39NO4/c1-15(2)22(25)17-5-7-18(8-6-17)23-21(24)13-14-26-19-9-11-20(12-10-19)27-16(3)4/h15-20H,5-14H2,1-4H3,(H,23,24)/t17-,18-,19-,20+. The maximum atomic E-state index is 12.2. The van der Waals surface area contributed by atoms with Crippen LogP contribution in [-0.2, 0) is 19.1 Å². The summed E-state index contributed by atoms with van der Waals surface area (Å²) in [6.45, 7) is 8.60. The second-order valence-corrected chi connectivity index (χ2v) is 8.88. The van der Waals surface area contributed by atoms with Gasteiger partial charge in [-0.25, -0.2) is 0 Å². The maximum Gasteiger partial charge on any atom is 0.222 e. The van der Waals surface area contributed by atoms with Gasteiger partial charge in [-0.2, -0.15) is 0 Å². The molecule has 0 atom stereocenters. The number of rotatable bonds is 9. The Morgan fingerprint density at radius 2 is 1.48 bits per heavy atom. The summed E-state index contributed by atoms with van der Waals surface area (Å²) < 4.78 is 11.8. The number of ether oxygens (including phenoxy) is 2. The highest BCUT2D eigenvalue weighted by Crippen LogP contribution is 2.27. The van der Waals surface area contributed by atoms with Crippen molar-refractivity contribution < 1.29 is 19.1 Å². The molecule has 0 aromatic heterocycles. The van der Waals surface area contributed by atoms with E-state index < -0.39 is 0 Å². The van der Waals surface area contributed by atoms with Crippen LogP contribution in [0.1, 0.15) is 85.5 Å². The molecule has 2 rings (SSSR count). The van der Waals surface area contributed by atoms with E-state index in [2.05, 4.69) is 19.2 Å². The average Bonchev–Trinajstić information content (AvgIpc) is 2.62. The Morgan fingerprint density at radius 1 is 0.889 bits per heavy atom. The van der Waals surface area contributed by atoms with Crippen LogP contribution in [0.2, 0.25) is 0 Å². The zero-order valence-electron chi connectivity index (χ0n) is 17.7. The molecule has 2 fully saturated rings. The normalized spacial score (nSPS) is 29.1. The minimum absolute atomic E-state index is 0.0745. The number of carbonyl (C=O) groups is 2. The van der Waals surface area contributed by atoms with Gasteiger partial charge in [0.05, 0.1) is 24.9 Å². The van der Waals surface area contributed by atoms with Crippen molar-refractivity contribution in [1.82, 2.24) is 5.32 Å². The van der Waals surface area contributed by atoms with Gasteiger partial charge in [0.15, 0.2) is 0 Å². The molecule has 1 N–H and O–H groups in total. The van der Waals surface area contributed by atoms with Crippen LogP contribution in [0.3, 0.4) is 0 Å². The van der Waals surface area contributed by atoms with Crippen molar-refractivity contribution in [2.24, 2.45) is 11.8 Å². The first-order valence-electron chi connectivity index (χ1n) is 10.9.